The largest absolute Gasteiger partial charge is 0.395 e. The first-order valence-electron chi connectivity index (χ1n) is 4.98. The minimum Gasteiger partial charge on any atom is -0.395 e. The van der Waals surface area contributed by atoms with Crippen LogP contribution in [-0.4, -0.2) is 36.2 Å². The smallest absolute Gasteiger partial charge is 0.0558 e. The second-order valence-electron chi connectivity index (χ2n) is 4.23. The summed E-state index contributed by atoms with van der Waals surface area (Å²) in [5, 5.41) is 8.83. The molecule has 0 aliphatic heterocycles. The fourth-order valence-corrected chi connectivity index (χ4v) is 2.60. The first-order chi connectivity index (χ1) is 5.66. The van der Waals surface area contributed by atoms with Gasteiger partial charge in [-0.3, -0.25) is 0 Å². The highest BCUT2D eigenvalue weighted by atomic mass is 16.3. The summed E-state index contributed by atoms with van der Waals surface area (Å²) in [7, 11) is 2.12. The molecule has 2 atom stereocenters. The van der Waals surface area contributed by atoms with Gasteiger partial charge in [-0.15, -0.1) is 0 Å². The van der Waals surface area contributed by atoms with Gasteiger partial charge in [0.05, 0.1) is 6.61 Å². The van der Waals surface area contributed by atoms with E-state index in [1.54, 1.807) is 0 Å². The Balaban J connectivity index is 2.47. The fraction of sp³-hybridized carbons (Fsp3) is 1.00. The lowest BCUT2D eigenvalue weighted by Crippen LogP contribution is -2.39. The first kappa shape index (κ1) is 10.0. The summed E-state index contributed by atoms with van der Waals surface area (Å²) in [5.74, 6) is 1.60. The Morgan fingerprint density at radius 2 is 1.75 bits per heavy atom. The van der Waals surface area contributed by atoms with Gasteiger partial charge >= 0.3 is 0 Å². The van der Waals surface area contributed by atoms with Gasteiger partial charge in [-0.1, -0.05) is 13.8 Å². The normalized spacial score (nSPS) is 36.2. The molecule has 1 aliphatic rings. The second-order valence-corrected chi connectivity index (χ2v) is 4.23. The average Bonchev–Trinajstić information content (AvgIpc) is 2.32. The lowest BCUT2D eigenvalue weighted by Gasteiger charge is -2.30. The van der Waals surface area contributed by atoms with E-state index in [4.69, 9.17) is 5.11 Å². The minimum atomic E-state index is 0.284. The molecule has 0 bridgehead atoms. The van der Waals surface area contributed by atoms with Gasteiger partial charge in [0.15, 0.2) is 0 Å². The number of aliphatic hydroxyl groups excluding tert-OH is 1. The number of nitrogens with zero attached hydrogens (tertiary/aromatic N) is 1. The van der Waals surface area contributed by atoms with Crippen LogP contribution in [-0.2, 0) is 0 Å². The maximum atomic E-state index is 8.83. The standard InChI is InChI=1S/C10H21NO/c1-8-4-5-9(2)10(8)11(3)6-7-12/h8-10,12H,4-7H2,1-3H3. The molecule has 2 nitrogen and oxygen atoms in total. The molecule has 0 aromatic rings. The van der Waals surface area contributed by atoms with Crippen molar-refractivity contribution in [1.82, 2.24) is 4.90 Å². The van der Waals surface area contributed by atoms with Gasteiger partial charge < -0.3 is 10.0 Å². The van der Waals surface area contributed by atoms with Gasteiger partial charge in [0.1, 0.15) is 0 Å². The predicted molar refractivity (Wildman–Crippen MR) is 51.1 cm³/mol. The van der Waals surface area contributed by atoms with E-state index in [-0.39, 0.29) is 6.61 Å². The molecule has 2 unspecified atom stereocenters. The van der Waals surface area contributed by atoms with E-state index in [0.717, 1.165) is 18.4 Å². The van der Waals surface area contributed by atoms with Crippen LogP contribution in [0, 0.1) is 11.8 Å². The van der Waals surface area contributed by atoms with Crippen molar-refractivity contribution in [1.29, 1.82) is 0 Å². The highest BCUT2D eigenvalue weighted by Crippen LogP contribution is 2.33. The third-order valence-electron chi connectivity index (χ3n) is 3.21. The van der Waals surface area contributed by atoms with Gasteiger partial charge in [-0.25, -0.2) is 0 Å². The molecule has 1 rings (SSSR count). The lowest BCUT2D eigenvalue weighted by atomic mass is 9.99. The van der Waals surface area contributed by atoms with Crippen molar-refractivity contribution in [3.05, 3.63) is 0 Å². The molecule has 0 amide bonds. The molecule has 0 aromatic heterocycles. The predicted octanol–water partition coefficient (Wildman–Crippen LogP) is 1.35. The van der Waals surface area contributed by atoms with Crippen molar-refractivity contribution in [3.63, 3.8) is 0 Å². The number of rotatable bonds is 3. The summed E-state index contributed by atoms with van der Waals surface area (Å²) < 4.78 is 0. The number of aliphatic hydroxyl groups is 1. The van der Waals surface area contributed by atoms with Crippen LogP contribution < -0.4 is 0 Å². The van der Waals surface area contributed by atoms with Crippen molar-refractivity contribution >= 4 is 0 Å². The van der Waals surface area contributed by atoms with Crippen molar-refractivity contribution in [2.24, 2.45) is 11.8 Å². The molecule has 0 radical (unpaired) electrons. The molecule has 2 heteroatoms. The van der Waals surface area contributed by atoms with E-state index in [1.807, 2.05) is 0 Å². The molecule has 1 N–H and O–H groups in total. The van der Waals surface area contributed by atoms with Gasteiger partial charge in [0.2, 0.25) is 0 Å². The zero-order valence-electron chi connectivity index (χ0n) is 8.45. The Morgan fingerprint density at radius 1 is 1.25 bits per heavy atom. The highest BCUT2D eigenvalue weighted by molar-refractivity contribution is 4.86. The maximum Gasteiger partial charge on any atom is 0.0558 e. The zero-order chi connectivity index (χ0) is 9.14. The van der Waals surface area contributed by atoms with Crippen LogP contribution in [0.15, 0.2) is 0 Å². The molecular formula is C10H21NO. The van der Waals surface area contributed by atoms with Gasteiger partial charge in [0.25, 0.3) is 0 Å². The third-order valence-corrected chi connectivity index (χ3v) is 3.21. The molecule has 0 heterocycles. The summed E-state index contributed by atoms with van der Waals surface area (Å²) in [6.45, 7) is 5.75. The highest BCUT2D eigenvalue weighted by Gasteiger charge is 2.32. The van der Waals surface area contributed by atoms with Gasteiger partial charge in [-0.2, -0.15) is 0 Å². The van der Waals surface area contributed by atoms with Crippen LogP contribution in [0.5, 0.6) is 0 Å². The van der Waals surface area contributed by atoms with E-state index >= 15 is 0 Å². The van der Waals surface area contributed by atoms with Crippen LogP contribution >= 0.6 is 0 Å². The van der Waals surface area contributed by atoms with Crippen LogP contribution in [0.4, 0.5) is 0 Å². The number of hydrogen-bond donors (Lipinski definition) is 1. The molecule has 12 heavy (non-hydrogen) atoms. The second kappa shape index (κ2) is 4.24. The lowest BCUT2D eigenvalue weighted by molar-refractivity contribution is 0.137. The Morgan fingerprint density at radius 3 is 2.17 bits per heavy atom. The van der Waals surface area contributed by atoms with Crippen LogP contribution in [0.1, 0.15) is 26.7 Å². The number of likely N-dealkylation sites (N-methyl/N-ethyl adjacent to an activating group) is 1. The van der Waals surface area contributed by atoms with E-state index < -0.39 is 0 Å². The SMILES string of the molecule is CC1CCC(C)C1N(C)CCO. The van der Waals surface area contributed by atoms with E-state index in [0.29, 0.717) is 6.04 Å². The molecular weight excluding hydrogens is 150 g/mol. The monoisotopic (exact) mass is 171 g/mol. The summed E-state index contributed by atoms with van der Waals surface area (Å²) in [4.78, 5) is 2.31. The summed E-state index contributed by atoms with van der Waals surface area (Å²) in [6, 6.07) is 0.692. The van der Waals surface area contributed by atoms with Crippen molar-refractivity contribution in [2.75, 3.05) is 20.2 Å². The Kier molecular flexibility index (Phi) is 3.53. The van der Waals surface area contributed by atoms with E-state index in [9.17, 15) is 0 Å². The van der Waals surface area contributed by atoms with Crippen molar-refractivity contribution < 1.29 is 5.11 Å². The first-order valence-corrected chi connectivity index (χ1v) is 4.98. The summed E-state index contributed by atoms with van der Waals surface area (Å²) >= 11 is 0. The van der Waals surface area contributed by atoms with Gasteiger partial charge in [0, 0.05) is 12.6 Å². The van der Waals surface area contributed by atoms with E-state index in [1.165, 1.54) is 12.8 Å². The van der Waals surface area contributed by atoms with E-state index in [2.05, 4.69) is 25.8 Å². The van der Waals surface area contributed by atoms with Crippen molar-refractivity contribution in [3.8, 4) is 0 Å². The quantitative estimate of drug-likeness (QED) is 0.693. The molecule has 0 saturated heterocycles. The van der Waals surface area contributed by atoms with Gasteiger partial charge in [-0.05, 0) is 31.7 Å². The molecule has 1 fully saturated rings. The average molecular weight is 171 g/mol. The fourth-order valence-electron chi connectivity index (χ4n) is 2.60. The summed E-state index contributed by atoms with van der Waals surface area (Å²) in [6.07, 6.45) is 2.70. The molecule has 0 aromatic carbocycles. The third kappa shape index (κ3) is 1.99. The van der Waals surface area contributed by atoms with Crippen LogP contribution in [0.25, 0.3) is 0 Å². The summed E-state index contributed by atoms with van der Waals surface area (Å²) in [5.41, 5.74) is 0. The van der Waals surface area contributed by atoms with Crippen molar-refractivity contribution in [2.45, 2.75) is 32.7 Å². The Hall–Kier alpha value is -0.0800. The molecule has 1 aliphatic carbocycles. The van der Waals surface area contributed by atoms with Crippen LogP contribution in [0.2, 0.25) is 0 Å². The van der Waals surface area contributed by atoms with Crippen LogP contribution in [0.3, 0.4) is 0 Å². The maximum absolute atomic E-state index is 8.83. The Labute approximate surface area is 75.6 Å². The Bertz CT molecular complexity index is 128. The zero-order valence-corrected chi connectivity index (χ0v) is 8.45. The minimum absolute atomic E-state index is 0.284. The molecule has 72 valence electrons. The molecule has 1 saturated carbocycles. The molecule has 0 spiro atoms. The number of hydrogen-bond acceptors (Lipinski definition) is 2. The topological polar surface area (TPSA) is 23.5 Å².